The fourth-order valence-electron chi connectivity index (χ4n) is 1.18. The third-order valence-electron chi connectivity index (χ3n) is 2.06. The van der Waals surface area contributed by atoms with Gasteiger partial charge in [0.05, 0.1) is 5.56 Å². The Balaban J connectivity index is 2.59. The van der Waals surface area contributed by atoms with Crippen LogP contribution in [0.2, 0.25) is 0 Å². The van der Waals surface area contributed by atoms with Crippen LogP contribution in [0.5, 0.6) is 0 Å². The van der Waals surface area contributed by atoms with Gasteiger partial charge in [-0.1, -0.05) is 15.9 Å². The zero-order chi connectivity index (χ0) is 12.1. The molecule has 1 aromatic carbocycles. The first-order valence-corrected chi connectivity index (χ1v) is 5.79. The zero-order valence-corrected chi connectivity index (χ0v) is 10.6. The minimum Gasteiger partial charge on any atom is -0.352 e. The molecule has 0 aliphatic rings. The molecular formula is C11H14BrFN2O. The van der Waals surface area contributed by atoms with E-state index in [4.69, 9.17) is 5.73 Å². The molecule has 3 nitrogen and oxygen atoms in total. The molecule has 0 radical (unpaired) electrons. The highest BCUT2D eigenvalue weighted by atomic mass is 79.9. The molecule has 16 heavy (non-hydrogen) atoms. The van der Waals surface area contributed by atoms with Crippen molar-refractivity contribution in [3.05, 3.63) is 34.1 Å². The molecule has 5 heteroatoms. The first-order valence-electron chi connectivity index (χ1n) is 4.99. The highest BCUT2D eigenvalue weighted by Gasteiger charge is 2.11. The van der Waals surface area contributed by atoms with Gasteiger partial charge in [-0.25, -0.2) is 4.39 Å². The van der Waals surface area contributed by atoms with E-state index in [1.54, 1.807) is 6.07 Å². The van der Waals surface area contributed by atoms with Crippen LogP contribution in [0.3, 0.4) is 0 Å². The Morgan fingerprint density at radius 2 is 2.31 bits per heavy atom. The number of halogens is 2. The Labute approximate surface area is 102 Å². The van der Waals surface area contributed by atoms with Crippen LogP contribution in [-0.4, -0.2) is 18.5 Å². The van der Waals surface area contributed by atoms with Gasteiger partial charge in [0.25, 0.3) is 5.91 Å². The summed E-state index contributed by atoms with van der Waals surface area (Å²) < 4.78 is 14.0. The van der Waals surface area contributed by atoms with Crippen molar-refractivity contribution in [3.63, 3.8) is 0 Å². The number of hydrogen-bond donors (Lipinski definition) is 2. The van der Waals surface area contributed by atoms with Crippen molar-refractivity contribution >= 4 is 21.8 Å². The fraction of sp³-hybridized carbons (Fsp3) is 0.364. The van der Waals surface area contributed by atoms with Gasteiger partial charge in [0.2, 0.25) is 0 Å². The topological polar surface area (TPSA) is 55.1 Å². The van der Waals surface area contributed by atoms with Crippen molar-refractivity contribution in [3.8, 4) is 0 Å². The summed E-state index contributed by atoms with van der Waals surface area (Å²) in [6.07, 6.45) is 0.671. The van der Waals surface area contributed by atoms with Crippen molar-refractivity contribution in [1.82, 2.24) is 5.32 Å². The summed E-state index contributed by atoms with van der Waals surface area (Å²) in [5.74, 6) is -0.946. The van der Waals surface area contributed by atoms with Crippen LogP contribution in [0.25, 0.3) is 0 Å². The first-order chi connectivity index (χ1) is 7.50. The largest absolute Gasteiger partial charge is 0.352 e. The second-order valence-corrected chi connectivity index (χ2v) is 4.56. The summed E-state index contributed by atoms with van der Waals surface area (Å²) >= 11 is 3.13. The zero-order valence-electron chi connectivity index (χ0n) is 8.97. The number of nitrogens with two attached hydrogens (primary N) is 1. The lowest BCUT2D eigenvalue weighted by molar-refractivity contribution is 0.0949. The molecule has 1 atom stereocenters. The van der Waals surface area contributed by atoms with E-state index in [9.17, 15) is 9.18 Å². The summed E-state index contributed by atoms with van der Waals surface area (Å²) in [4.78, 5) is 11.6. The summed E-state index contributed by atoms with van der Waals surface area (Å²) in [6, 6.07) is 4.36. The molecule has 88 valence electrons. The lowest BCUT2D eigenvalue weighted by Crippen LogP contribution is -2.29. The van der Waals surface area contributed by atoms with Gasteiger partial charge in [-0.2, -0.15) is 0 Å². The van der Waals surface area contributed by atoms with E-state index in [0.29, 0.717) is 17.4 Å². The first kappa shape index (κ1) is 13.1. The van der Waals surface area contributed by atoms with Crippen LogP contribution in [0.1, 0.15) is 23.7 Å². The third kappa shape index (κ3) is 3.90. The maximum absolute atomic E-state index is 13.4. The van der Waals surface area contributed by atoms with Crippen LogP contribution in [0, 0.1) is 5.82 Å². The van der Waals surface area contributed by atoms with Crippen LogP contribution in [0.15, 0.2) is 22.7 Å². The minimum atomic E-state index is -0.535. The van der Waals surface area contributed by atoms with Gasteiger partial charge in [-0.05, 0) is 31.5 Å². The van der Waals surface area contributed by atoms with Gasteiger partial charge in [-0.3, -0.25) is 4.79 Å². The van der Waals surface area contributed by atoms with Crippen molar-refractivity contribution < 1.29 is 9.18 Å². The average molecular weight is 289 g/mol. The Hall–Kier alpha value is -0.940. The second-order valence-electron chi connectivity index (χ2n) is 3.65. The minimum absolute atomic E-state index is 0.0232. The fourth-order valence-corrected chi connectivity index (χ4v) is 1.52. The Morgan fingerprint density at radius 1 is 1.62 bits per heavy atom. The number of amides is 1. The van der Waals surface area contributed by atoms with E-state index in [-0.39, 0.29) is 11.6 Å². The highest BCUT2D eigenvalue weighted by molar-refractivity contribution is 9.10. The molecule has 0 fully saturated rings. The molecule has 0 saturated carbocycles. The molecule has 1 rings (SSSR count). The van der Waals surface area contributed by atoms with Crippen LogP contribution in [-0.2, 0) is 0 Å². The monoisotopic (exact) mass is 288 g/mol. The number of carbonyl (C=O) groups excluding carboxylic acids is 1. The molecule has 1 amide bonds. The highest BCUT2D eigenvalue weighted by Crippen LogP contribution is 2.15. The van der Waals surface area contributed by atoms with Gasteiger partial charge in [0, 0.05) is 17.1 Å². The maximum atomic E-state index is 13.4. The SMILES string of the molecule is CC(N)CCNC(=O)c1ccc(Br)cc1F. The predicted octanol–water partition coefficient (Wildman–Crippen LogP) is 2.06. The summed E-state index contributed by atoms with van der Waals surface area (Å²) in [5.41, 5.74) is 5.58. The molecule has 0 aromatic heterocycles. The Kier molecular flexibility index (Phi) is 4.89. The van der Waals surface area contributed by atoms with Crippen molar-refractivity contribution in [2.45, 2.75) is 19.4 Å². The summed E-state index contributed by atoms with van der Waals surface area (Å²) in [5, 5.41) is 2.62. The van der Waals surface area contributed by atoms with Crippen molar-refractivity contribution in [2.75, 3.05) is 6.54 Å². The molecule has 1 unspecified atom stereocenters. The van der Waals surface area contributed by atoms with E-state index in [1.807, 2.05) is 6.92 Å². The van der Waals surface area contributed by atoms with E-state index in [2.05, 4.69) is 21.2 Å². The molecular weight excluding hydrogens is 275 g/mol. The number of nitrogens with one attached hydrogen (secondary N) is 1. The van der Waals surface area contributed by atoms with Gasteiger partial charge >= 0.3 is 0 Å². The molecule has 3 N–H and O–H groups in total. The van der Waals surface area contributed by atoms with Crippen molar-refractivity contribution in [2.24, 2.45) is 5.73 Å². The average Bonchev–Trinajstić information content (AvgIpc) is 2.16. The van der Waals surface area contributed by atoms with Gasteiger partial charge in [0.15, 0.2) is 0 Å². The molecule has 1 aromatic rings. The standard InChI is InChI=1S/C11H14BrFN2O/c1-7(14)4-5-15-11(16)9-3-2-8(12)6-10(9)13/h2-3,6-7H,4-5,14H2,1H3,(H,15,16). The quantitative estimate of drug-likeness (QED) is 0.891. The molecule has 0 aliphatic carbocycles. The third-order valence-corrected chi connectivity index (χ3v) is 2.55. The number of benzene rings is 1. The van der Waals surface area contributed by atoms with E-state index >= 15 is 0 Å². The summed E-state index contributed by atoms with van der Waals surface area (Å²) in [7, 11) is 0. The van der Waals surface area contributed by atoms with Gasteiger partial charge < -0.3 is 11.1 Å². The smallest absolute Gasteiger partial charge is 0.254 e. The maximum Gasteiger partial charge on any atom is 0.254 e. The number of carbonyl (C=O) groups is 1. The normalized spacial score (nSPS) is 12.2. The lowest BCUT2D eigenvalue weighted by atomic mass is 10.2. The molecule has 0 heterocycles. The Bertz CT molecular complexity index is 382. The lowest BCUT2D eigenvalue weighted by Gasteiger charge is -2.08. The molecule has 0 aliphatic heterocycles. The van der Waals surface area contributed by atoms with E-state index in [0.717, 1.165) is 0 Å². The Morgan fingerprint density at radius 3 is 2.88 bits per heavy atom. The number of rotatable bonds is 4. The van der Waals surface area contributed by atoms with Crippen molar-refractivity contribution in [1.29, 1.82) is 0 Å². The number of hydrogen-bond acceptors (Lipinski definition) is 2. The van der Waals surface area contributed by atoms with Crippen LogP contribution >= 0.6 is 15.9 Å². The van der Waals surface area contributed by atoms with E-state index < -0.39 is 11.7 Å². The predicted molar refractivity (Wildman–Crippen MR) is 64.7 cm³/mol. The molecule has 0 bridgehead atoms. The summed E-state index contributed by atoms with van der Waals surface area (Å²) in [6.45, 7) is 2.30. The van der Waals surface area contributed by atoms with Crippen LogP contribution < -0.4 is 11.1 Å². The molecule has 0 spiro atoms. The molecule has 0 saturated heterocycles. The van der Waals surface area contributed by atoms with Gasteiger partial charge in [-0.15, -0.1) is 0 Å². The van der Waals surface area contributed by atoms with Crippen LogP contribution in [0.4, 0.5) is 4.39 Å². The van der Waals surface area contributed by atoms with Gasteiger partial charge in [0.1, 0.15) is 5.82 Å². The second kappa shape index (κ2) is 5.96. The van der Waals surface area contributed by atoms with E-state index in [1.165, 1.54) is 12.1 Å².